The summed E-state index contributed by atoms with van der Waals surface area (Å²) in [6, 6.07) is 0.927. The summed E-state index contributed by atoms with van der Waals surface area (Å²) in [6.07, 6.45) is 3.10. The monoisotopic (exact) mass is 264 g/mol. The Morgan fingerprint density at radius 2 is 1.89 bits per heavy atom. The van der Waals surface area contributed by atoms with E-state index in [1.807, 2.05) is 0 Å². The number of esters is 1. The maximum atomic E-state index is 11.3. The van der Waals surface area contributed by atoms with E-state index in [2.05, 4.69) is 45.4 Å². The first-order valence-corrected chi connectivity index (χ1v) is 6.40. The molecule has 0 saturated carbocycles. The quantitative estimate of drug-likeness (QED) is 0.736. The van der Waals surface area contributed by atoms with E-state index in [0.29, 0.717) is 12.1 Å². The van der Waals surface area contributed by atoms with Gasteiger partial charge in [-0.15, -0.1) is 0 Å². The van der Waals surface area contributed by atoms with Crippen molar-refractivity contribution in [3.8, 4) is 0 Å². The molecule has 1 aliphatic heterocycles. The minimum absolute atomic E-state index is 0.237. The molecule has 2 heterocycles. The number of nitrogens with zero attached hydrogens (tertiary/aromatic N) is 4. The number of rotatable bonds is 2. The minimum Gasteiger partial charge on any atom is -0.464 e. The molecule has 6 heteroatoms. The van der Waals surface area contributed by atoms with Crippen LogP contribution in [0.1, 0.15) is 24.3 Å². The van der Waals surface area contributed by atoms with Crippen LogP contribution in [0.2, 0.25) is 0 Å². The number of methoxy groups -OCH3 is 1. The number of hydrogen-bond donors (Lipinski definition) is 0. The molecule has 0 aliphatic carbocycles. The van der Waals surface area contributed by atoms with Gasteiger partial charge in [-0.25, -0.2) is 14.8 Å². The molecule has 104 valence electrons. The van der Waals surface area contributed by atoms with Gasteiger partial charge in [-0.05, 0) is 20.9 Å². The fraction of sp³-hybridized carbons (Fsp3) is 0.615. The number of anilines is 1. The zero-order chi connectivity index (χ0) is 14.0. The molecule has 6 nitrogen and oxygen atoms in total. The minimum atomic E-state index is -0.459. The summed E-state index contributed by atoms with van der Waals surface area (Å²) in [5.41, 5.74) is 0.237. The van der Waals surface area contributed by atoms with Crippen LogP contribution in [0, 0.1) is 0 Å². The third kappa shape index (κ3) is 2.84. The molecule has 0 bridgehead atoms. The maximum Gasteiger partial charge on any atom is 0.358 e. The van der Waals surface area contributed by atoms with Crippen molar-refractivity contribution in [2.24, 2.45) is 0 Å². The second-order valence-corrected chi connectivity index (χ2v) is 5.02. The van der Waals surface area contributed by atoms with Gasteiger partial charge in [-0.1, -0.05) is 0 Å². The van der Waals surface area contributed by atoms with Crippen molar-refractivity contribution in [2.75, 3.05) is 32.1 Å². The Bertz CT molecular complexity index is 436. The van der Waals surface area contributed by atoms with Crippen molar-refractivity contribution in [1.29, 1.82) is 0 Å². The van der Waals surface area contributed by atoms with Crippen molar-refractivity contribution in [3.63, 3.8) is 0 Å². The SMILES string of the molecule is COC(=O)c1cnc(N2CC(C)N(C)C(C)C2)cn1. The summed E-state index contributed by atoms with van der Waals surface area (Å²) in [5, 5.41) is 0. The van der Waals surface area contributed by atoms with Crippen LogP contribution in [0.3, 0.4) is 0 Å². The molecule has 1 aromatic rings. The number of carbonyl (C=O) groups is 1. The number of aromatic nitrogens is 2. The number of piperazine rings is 1. The maximum absolute atomic E-state index is 11.3. The van der Waals surface area contributed by atoms with Crippen LogP contribution in [-0.4, -0.2) is 60.2 Å². The van der Waals surface area contributed by atoms with Crippen LogP contribution in [-0.2, 0) is 4.74 Å². The Kier molecular flexibility index (Phi) is 3.99. The lowest BCUT2D eigenvalue weighted by Crippen LogP contribution is -2.55. The predicted molar refractivity (Wildman–Crippen MR) is 72.3 cm³/mol. The smallest absolute Gasteiger partial charge is 0.358 e. The molecule has 0 radical (unpaired) electrons. The summed E-state index contributed by atoms with van der Waals surface area (Å²) >= 11 is 0. The van der Waals surface area contributed by atoms with Crippen molar-refractivity contribution in [1.82, 2.24) is 14.9 Å². The van der Waals surface area contributed by atoms with Crippen molar-refractivity contribution in [2.45, 2.75) is 25.9 Å². The summed E-state index contributed by atoms with van der Waals surface area (Å²) in [6.45, 7) is 6.21. The molecular formula is C13H20N4O2. The highest BCUT2D eigenvalue weighted by molar-refractivity contribution is 5.86. The molecule has 1 fully saturated rings. The van der Waals surface area contributed by atoms with E-state index >= 15 is 0 Å². The molecule has 1 aliphatic rings. The fourth-order valence-electron chi connectivity index (χ4n) is 2.29. The molecule has 2 atom stereocenters. The van der Waals surface area contributed by atoms with Crippen molar-refractivity contribution in [3.05, 3.63) is 18.1 Å². The number of ether oxygens (including phenoxy) is 1. The zero-order valence-electron chi connectivity index (χ0n) is 11.8. The van der Waals surface area contributed by atoms with Gasteiger partial charge in [0.1, 0.15) is 5.82 Å². The van der Waals surface area contributed by atoms with Gasteiger partial charge in [0.25, 0.3) is 0 Å². The summed E-state index contributed by atoms with van der Waals surface area (Å²) in [7, 11) is 3.47. The molecule has 1 saturated heterocycles. The van der Waals surface area contributed by atoms with E-state index in [-0.39, 0.29) is 5.69 Å². The summed E-state index contributed by atoms with van der Waals surface area (Å²) in [5.74, 6) is 0.346. The van der Waals surface area contributed by atoms with Crippen LogP contribution < -0.4 is 4.90 Å². The first-order chi connectivity index (χ1) is 9.02. The number of likely N-dealkylation sites (N-methyl/N-ethyl adjacent to an activating group) is 1. The molecule has 0 aromatic carbocycles. The normalized spacial score (nSPS) is 24.3. The van der Waals surface area contributed by atoms with E-state index in [9.17, 15) is 4.79 Å². The Morgan fingerprint density at radius 3 is 2.37 bits per heavy atom. The number of hydrogen-bond acceptors (Lipinski definition) is 6. The van der Waals surface area contributed by atoms with E-state index < -0.39 is 5.97 Å². The van der Waals surface area contributed by atoms with Gasteiger partial charge in [0.2, 0.25) is 0 Å². The van der Waals surface area contributed by atoms with Crippen LogP contribution in [0.4, 0.5) is 5.82 Å². The van der Waals surface area contributed by atoms with Gasteiger partial charge in [-0.3, -0.25) is 4.90 Å². The van der Waals surface area contributed by atoms with Crippen LogP contribution in [0.25, 0.3) is 0 Å². The highest BCUT2D eigenvalue weighted by Gasteiger charge is 2.27. The molecule has 1 aromatic heterocycles. The third-order valence-corrected chi connectivity index (χ3v) is 3.72. The topological polar surface area (TPSA) is 58.6 Å². The molecule has 19 heavy (non-hydrogen) atoms. The molecule has 0 spiro atoms. The van der Waals surface area contributed by atoms with Crippen LogP contribution in [0.5, 0.6) is 0 Å². The van der Waals surface area contributed by atoms with Crippen molar-refractivity contribution < 1.29 is 9.53 Å². The highest BCUT2D eigenvalue weighted by atomic mass is 16.5. The van der Waals surface area contributed by atoms with Gasteiger partial charge in [0.05, 0.1) is 19.5 Å². The van der Waals surface area contributed by atoms with Crippen molar-refractivity contribution >= 4 is 11.8 Å². The summed E-state index contributed by atoms with van der Waals surface area (Å²) in [4.78, 5) is 24.3. The van der Waals surface area contributed by atoms with E-state index in [1.165, 1.54) is 13.3 Å². The van der Waals surface area contributed by atoms with Crippen LogP contribution >= 0.6 is 0 Å². The van der Waals surface area contributed by atoms with Crippen LogP contribution in [0.15, 0.2) is 12.4 Å². The Hall–Kier alpha value is -1.69. The number of carbonyl (C=O) groups excluding carboxylic acids is 1. The molecular weight excluding hydrogens is 244 g/mol. The van der Waals surface area contributed by atoms with E-state index in [1.54, 1.807) is 6.20 Å². The second-order valence-electron chi connectivity index (χ2n) is 5.02. The molecule has 2 unspecified atom stereocenters. The van der Waals surface area contributed by atoms with Gasteiger partial charge in [0, 0.05) is 25.2 Å². The largest absolute Gasteiger partial charge is 0.464 e. The molecule has 2 rings (SSSR count). The first kappa shape index (κ1) is 13.7. The standard InChI is InChI=1S/C13H20N4O2/c1-9-7-17(8-10(2)16(9)3)12-6-14-11(5-15-12)13(18)19-4/h5-6,9-10H,7-8H2,1-4H3. The Morgan fingerprint density at radius 1 is 1.26 bits per heavy atom. The predicted octanol–water partition coefficient (Wildman–Crippen LogP) is 0.792. The van der Waals surface area contributed by atoms with Gasteiger partial charge in [-0.2, -0.15) is 0 Å². The average Bonchev–Trinajstić information content (AvgIpc) is 2.43. The summed E-state index contributed by atoms with van der Waals surface area (Å²) < 4.78 is 4.61. The van der Waals surface area contributed by atoms with Gasteiger partial charge in [0.15, 0.2) is 5.69 Å². The lowest BCUT2D eigenvalue weighted by Gasteiger charge is -2.42. The van der Waals surface area contributed by atoms with Gasteiger partial charge < -0.3 is 9.64 Å². The van der Waals surface area contributed by atoms with E-state index in [0.717, 1.165) is 18.9 Å². The lowest BCUT2D eigenvalue weighted by molar-refractivity contribution is 0.0593. The van der Waals surface area contributed by atoms with E-state index in [4.69, 9.17) is 0 Å². The Balaban J connectivity index is 2.12. The third-order valence-electron chi connectivity index (χ3n) is 3.72. The Labute approximate surface area is 113 Å². The fourth-order valence-corrected chi connectivity index (χ4v) is 2.29. The lowest BCUT2D eigenvalue weighted by atomic mass is 10.1. The van der Waals surface area contributed by atoms with Gasteiger partial charge >= 0.3 is 5.97 Å². The average molecular weight is 264 g/mol. The molecule has 0 amide bonds. The first-order valence-electron chi connectivity index (χ1n) is 6.40. The highest BCUT2D eigenvalue weighted by Crippen LogP contribution is 2.18. The second kappa shape index (κ2) is 5.52. The molecule has 0 N–H and O–H groups in total. The zero-order valence-corrected chi connectivity index (χ0v) is 11.8.